The number of nitrogen functional groups attached to an aromatic ring is 2. The van der Waals surface area contributed by atoms with Gasteiger partial charge in [0.05, 0.1) is 25.6 Å². The van der Waals surface area contributed by atoms with Crippen LogP contribution in [-0.4, -0.2) is 108 Å². The fourth-order valence-corrected chi connectivity index (χ4v) is 9.59. The number of phosphoric ester groups is 2. The van der Waals surface area contributed by atoms with Gasteiger partial charge >= 0.3 is 37.0 Å². The quantitative estimate of drug-likeness (QED) is 0.0796. The molecule has 31 heteroatoms. The summed E-state index contributed by atoms with van der Waals surface area (Å²) >= 11 is 0. The first-order valence-electron chi connectivity index (χ1n) is 13.5. The molecule has 0 radical (unpaired) electrons. The minimum absolute atomic E-state index is 0.0107. The molecule has 5 heterocycles. The third kappa shape index (κ3) is 9.05. The van der Waals surface area contributed by atoms with Gasteiger partial charge in [0.25, 0.3) is 0 Å². The second kappa shape index (κ2) is 14.4. The van der Waals surface area contributed by atoms with Crippen LogP contribution in [0.2, 0.25) is 0 Å². The molecule has 3 aromatic rings. The van der Waals surface area contributed by atoms with Crippen molar-refractivity contribution in [2.45, 2.75) is 49.4 Å². The van der Waals surface area contributed by atoms with Gasteiger partial charge in [-0.2, -0.15) is 17.9 Å². The van der Waals surface area contributed by atoms with E-state index >= 15 is 0 Å². The number of hydrogen-bond donors (Lipinski definition) is 9. The predicted molar refractivity (Wildman–Crippen MR) is 158 cm³/mol. The van der Waals surface area contributed by atoms with Gasteiger partial charge in [0.2, 0.25) is 0 Å². The van der Waals surface area contributed by atoms with E-state index in [1.165, 1.54) is 12.3 Å². The molecule has 0 aliphatic carbocycles. The lowest BCUT2D eigenvalue weighted by molar-refractivity contribution is -0.0503. The molecule has 3 aromatic heterocycles. The number of ether oxygens (including phenoxy) is 2. The van der Waals surface area contributed by atoms with Crippen LogP contribution in [0.3, 0.4) is 0 Å². The summed E-state index contributed by atoms with van der Waals surface area (Å²) in [5.74, 6) is -0.105. The van der Waals surface area contributed by atoms with Crippen molar-refractivity contribution < 1.29 is 84.6 Å². The molecule has 11 N–H and O–H groups in total. The molecule has 278 valence electrons. The molecule has 11 atom stereocenters. The maximum absolute atomic E-state index is 12.4. The van der Waals surface area contributed by atoms with Gasteiger partial charge in [-0.15, -0.1) is 0 Å². The van der Waals surface area contributed by atoms with E-state index in [2.05, 4.69) is 41.9 Å². The number of phosphoric acid groups is 4. The van der Waals surface area contributed by atoms with Crippen LogP contribution in [0.25, 0.3) is 11.2 Å². The first-order valence-corrected chi connectivity index (χ1v) is 19.5. The van der Waals surface area contributed by atoms with Gasteiger partial charge in [0, 0.05) is 12.6 Å². The fourth-order valence-electron chi connectivity index (χ4n) is 4.64. The van der Waals surface area contributed by atoms with Crippen LogP contribution in [0.5, 0.6) is 0 Å². The second-order valence-corrected chi connectivity index (χ2v) is 16.5. The number of fused-ring (bicyclic) bond motifs is 1. The molecule has 0 amide bonds. The summed E-state index contributed by atoms with van der Waals surface area (Å²) in [6.45, 7) is -2.10. The van der Waals surface area contributed by atoms with E-state index in [1.807, 2.05) is 0 Å². The minimum atomic E-state index is -6.16. The van der Waals surface area contributed by atoms with Crippen molar-refractivity contribution in [2.75, 3.05) is 24.7 Å². The van der Waals surface area contributed by atoms with Crippen LogP contribution in [-0.2, 0) is 49.7 Å². The average molecular weight is 796 g/mol. The zero-order valence-corrected chi connectivity index (χ0v) is 28.2. The number of hydrogen-bond acceptors (Lipinski definition) is 21. The Labute approximate surface area is 277 Å². The van der Waals surface area contributed by atoms with E-state index in [-0.39, 0.29) is 29.2 Å². The molecule has 0 bridgehead atoms. The summed E-state index contributed by atoms with van der Waals surface area (Å²) < 4.78 is 82.7. The summed E-state index contributed by atoms with van der Waals surface area (Å²) in [6.07, 6.45) is -7.22. The molecule has 5 unspecified atom stereocenters. The van der Waals surface area contributed by atoms with Crippen LogP contribution in [0.1, 0.15) is 18.9 Å². The molecule has 0 spiro atoms. The smallest absolute Gasteiger partial charge is 0.390 e. The fraction of sp³-hybridized carbons (Fsp3) is 0.526. The van der Waals surface area contributed by atoms with Crippen molar-refractivity contribution in [3.8, 4) is 0 Å². The topological polar surface area (TPSA) is 405 Å². The van der Waals surface area contributed by atoms with Crippen molar-refractivity contribution in [2.24, 2.45) is 0 Å². The van der Waals surface area contributed by atoms with Gasteiger partial charge < -0.3 is 55.8 Å². The number of nitrogens with zero attached hydrogens (tertiary/aromatic N) is 6. The first-order chi connectivity index (χ1) is 23.2. The SMILES string of the molecule is Nc1ccn([C@H]2C[C@@H](O)[C@@H](COP(=O)(O)OP(=O)(O)OP(=O)(O)OP(=O)(O)OC[C@H]3O[C@@H](n4cnc5c(N)ncnc54)[C@@H](O)C3O)O2)c(=O)n1. The van der Waals surface area contributed by atoms with Crippen molar-refractivity contribution in [3.63, 3.8) is 0 Å². The summed E-state index contributed by atoms with van der Waals surface area (Å²) in [5, 5.41) is 31.0. The van der Waals surface area contributed by atoms with Crippen molar-refractivity contribution in [3.05, 3.63) is 35.4 Å². The highest BCUT2D eigenvalue weighted by molar-refractivity contribution is 7.69. The van der Waals surface area contributed by atoms with Gasteiger partial charge in [-0.25, -0.2) is 38.0 Å². The molecule has 2 aliphatic rings. The molecule has 0 aromatic carbocycles. The highest BCUT2D eigenvalue weighted by atomic mass is 31.3. The van der Waals surface area contributed by atoms with E-state index in [1.54, 1.807) is 0 Å². The molecule has 2 aliphatic heterocycles. The van der Waals surface area contributed by atoms with Crippen LogP contribution in [0.15, 0.2) is 29.7 Å². The Morgan fingerprint density at radius 3 is 2.04 bits per heavy atom. The van der Waals surface area contributed by atoms with Crippen LogP contribution in [0, 0.1) is 0 Å². The molecule has 0 saturated carbocycles. The lowest BCUT2D eigenvalue weighted by Gasteiger charge is -2.21. The third-order valence-corrected chi connectivity index (χ3v) is 12.7. The highest BCUT2D eigenvalue weighted by Crippen LogP contribution is 2.71. The van der Waals surface area contributed by atoms with Gasteiger partial charge in [0.15, 0.2) is 17.7 Å². The van der Waals surface area contributed by atoms with Crippen LogP contribution < -0.4 is 17.2 Å². The molecular formula is C19H28N8O19P4. The normalized spacial score (nSPS) is 30.4. The van der Waals surface area contributed by atoms with Crippen molar-refractivity contribution in [1.29, 1.82) is 0 Å². The summed E-state index contributed by atoms with van der Waals surface area (Å²) in [5.41, 5.74) is 10.5. The molecule has 2 saturated heterocycles. The van der Waals surface area contributed by atoms with Gasteiger partial charge in [-0.1, -0.05) is 0 Å². The van der Waals surface area contributed by atoms with Gasteiger partial charge in [-0.05, 0) is 6.07 Å². The van der Waals surface area contributed by atoms with Gasteiger partial charge in [-0.3, -0.25) is 18.2 Å². The lowest BCUT2D eigenvalue weighted by Crippen LogP contribution is -2.33. The maximum atomic E-state index is 12.4. The maximum Gasteiger partial charge on any atom is 0.490 e. The Morgan fingerprint density at radius 1 is 0.820 bits per heavy atom. The third-order valence-electron chi connectivity index (χ3n) is 6.79. The van der Waals surface area contributed by atoms with Crippen molar-refractivity contribution >= 4 is 54.1 Å². The highest BCUT2D eigenvalue weighted by Gasteiger charge is 2.49. The zero-order chi connectivity index (χ0) is 36.8. The lowest BCUT2D eigenvalue weighted by atomic mass is 10.1. The van der Waals surface area contributed by atoms with Crippen LogP contribution in [0.4, 0.5) is 11.6 Å². The largest absolute Gasteiger partial charge is 0.490 e. The Kier molecular flexibility index (Phi) is 11.1. The Balaban J connectivity index is 1.12. The van der Waals surface area contributed by atoms with E-state index in [0.29, 0.717) is 0 Å². The predicted octanol–water partition coefficient (Wildman–Crippen LogP) is -2.00. The standard InChI is InChI=1S/C19H28N8O19P4/c20-11-1-2-26(19(31)25-11)12-3-8(28)9(42-12)4-40-47(32,33)44-49(36,37)46-50(38,39)45-48(34,35)41-5-10-14(29)15(30)18(43-10)27-7-24-13-16(21)22-6-23-17(13)27/h1-2,6-10,12,14-15,18,28-30H,3-5H2,(H,32,33)(H,34,35)(H,36,37)(H,38,39)(H2,20,25,31)(H2,21,22,23)/t8-,9-,10-,12-,14?,15+,18-/m1/s1. The molecule has 2 fully saturated rings. The zero-order valence-electron chi connectivity index (χ0n) is 24.6. The Morgan fingerprint density at radius 2 is 1.42 bits per heavy atom. The number of anilines is 2. The van der Waals surface area contributed by atoms with E-state index in [0.717, 1.165) is 21.8 Å². The van der Waals surface area contributed by atoms with Gasteiger partial charge in [0.1, 0.15) is 48.3 Å². The number of aliphatic hydroxyl groups is 3. The molecule has 5 rings (SSSR count). The minimum Gasteiger partial charge on any atom is -0.390 e. The summed E-state index contributed by atoms with van der Waals surface area (Å²) in [4.78, 5) is 66.6. The van der Waals surface area contributed by atoms with Crippen molar-refractivity contribution in [1.82, 2.24) is 29.1 Å². The summed E-state index contributed by atoms with van der Waals surface area (Å²) in [6, 6.07) is 1.26. The van der Waals surface area contributed by atoms with E-state index < -0.39 is 93.2 Å². The number of aromatic nitrogens is 6. The molecular weight excluding hydrogens is 768 g/mol. The van der Waals surface area contributed by atoms with E-state index in [9.17, 15) is 57.9 Å². The first kappa shape index (κ1) is 38.6. The Bertz CT molecular complexity index is 1980. The second-order valence-electron chi connectivity index (χ2n) is 10.3. The number of nitrogens with two attached hydrogens (primary N) is 2. The monoisotopic (exact) mass is 796 g/mol. The van der Waals surface area contributed by atoms with Crippen LogP contribution >= 0.6 is 31.3 Å². The average Bonchev–Trinajstić information content (AvgIpc) is 3.65. The number of imidazole rings is 1. The molecule has 27 nitrogen and oxygen atoms in total. The van der Waals surface area contributed by atoms with E-state index in [4.69, 9.17) is 20.9 Å². The number of rotatable bonds is 14. The Hall–Kier alpha value is -2.61. The summed E-state index contributed by atoms with van der Waals surface area (Å²) in [7, 11) is -23.7. The number of aliphatic hydroxyl groups excluding tert-OH is 3. The molecule has 50 heavy (non-hydrogen) atoms.